The lowest BCUT2D eigenvalue weighted by molar-refractivity contribution is 0.101. The van der Waals surface area contributed by atoms with Gasteiger partial charge in [-0.2, -0.15) is 0 Å². The summed E-state index contributed by atoms with van der Waals surface area (Å²) in [5.74, 6) is -1.84. The van der Waals surface area contributed by atoms with Crippen molar-refractivity contribution in [2.24, 2.45) is 0 Å². The van der Waals surface area contributed by atoms with Gasteiger partial charge in [0.15, 0.2) is 5.13 Å². The number of amides is 2. The van der Waals surface area contributed by atoms with E-state index in [4.69, 9.17) is 5.73 Å². The van der Waals surface area contributed by atoms with Gasteiger partial charge in [-0.15, -0.1) is 10.2 Å². The molecule has 134 valence electrons. The Kier molecular flexibility index (Phi) is 4.91. The van der Waals surface area contributed by atoms with Crippen molar-refractivity contribution in [3.8, 4) is 0 Å². The molecule has 1 aromatic carbocycles. The van der Waals surface area contributed by atoms with Crippen LogP contribution in [0, 0.1) is 19.7 Å². The van der Waals surface area contributed by atoms with Crippen LogP contribution >= 0.6 is 22.7 Å². The molecular formula is C15H13FN6O2S2. The minimum Gasteiger partial charge on any atom is -0.375 e. The molecule has 2 heterocycles. The van der Waals surface area contributed by atoms with Crippen molar-refractivity contribution in [3.63, 3.8) is 0 Å². The maximum Gasteiger partial charge on any atom is 0.267 e. The summed E-state index contributed by atoms with van der Waals surface area (Å²) in [5, 5.41) is 13.9. The van der Waals surface area contributed by atoms with Crippen LogP contribution in [0.4, 0.5) is 20.3 Å². The number of anilines is 3. The number of nitrogen functional groups attached to an aromatic ring is 1. The van der Waals surface area contributed by atoms with Crippen LogP contribution in [-0.4, -0.2) is 27.0 Å². The fourth-order valence-corrected chi connectivity index (χ4v) is 3.24. The maximum absolute atomic E-state index is 14.2. The number of nitrogens with two attached hydrogens (primary N) is 1. The molecule has 26 heavy (non-hydrogen) atoms. The van der Waals surface area contributed by atoms with E-state index in [1.165, 1.54) is 29.7 Å². The lowest BCUT2D eigenvalue weighted by Crippen LogP contribution is -2.16. The summed E-state index contributed by atoms with van der Waals surface area (Å²) in [6.45, 7) is 3.36. The lowest BCUT2D eigenvalue weighted by atomic mass is 10.1. The molecule has 11 heteroatoms. The van der Waals surface area contributed by atoms with E-state index in [-0.39, 0.29) is 15.8 Å². The number of nitrogens with one attached hydrogen (secondary N) is 2. The third-order valence-electron chi connectivity index (χ3n) is 3.30. The molecule has 0 spiro atoms. The Morgan fingerprint density at radius 2 is 1.88 bits per heavy atom. The van der Waals surface area contributed by atoms with E-state index < -0.39 is 17.6 Å². The standard InChI is InChI=1S/C15H13FN6O2S2/c1-6-3-9(16)8(12(23)20-15-22-21-7(2)25-15)4-10(6)19-13(24)11-5-18-14(17)26-11/h3-5H,1-2H3,(H2,17,18)(H,19,24)(H,20,22,23). The Morgan fingerprint density at radius 1 is 1.12 bits per heavy atom. The number of rotatable bonds is 4. The normalized spacial score (nSPS) is 10.6. The first-order valence-corrected chi connectivity index (χ1v) is 8.91. The van der Waals surface area contributed by atoms with Crippen LogP contribution in [0.1, 0.15) is 30.6 Å². The Morgan fingerprint density at radius 3 is 2.50 bits per heavy atom. The summed E-state index contributed by atoms with van der Waals surface area (Å²) in [7, 11) is 0. The molecule has 0 aliphatic heterocycles. The molecule has 8 nitrogen and oxygen atoms in total. The van der Waals surface area contributed by atoms with E-state index >= 15 is 0 Å². The van der Waals surface area contributed by atoms with Crippen LogP contribution in [0.3, 0.4) is 0 Å². The predicted octanol–water partition coefficient (Wildman–Crippen LogP) is 2.84. The summed E-state index contributed by atoms with van der Waals surface area (Å²) in [5.41, 5.74) is 6.07. The first-order chi connectivity index (χ1) is 12.3. The van der Waals surface area contributed by atoms with Gasteiger partial charge in [0, 0.05) is 5.69 Å². The minimum absolute atomic E-state index is 0.220. The molecule has 0 fully saturated rings. The average Bonchev–Trinajstić information content (AvgIpc) is 3.18. The molecule has 2 aromatic heterocycles. The first-order valence-electron chi connectivity index (χ1n) is 7.27. The van der Waals surface area contributed by atoms with Crippen molar-refractivity contribution >= 4 is 50.4 Å². The highest BCUT2D eigenvalue weighted by molar-refractivity contribution is 7.17. The van der Waals surface area contributed by atoms with Crippen LogP contribution in [0.5, 0.6) is 0 Å². The third-order valence-corrected chi connectivity index (χ3v) is 4.88. The van der Waals surface area contributed by atoms with Gasteiger partial charge in [-0.1, -0.05) is 22.7 Å². The molecular weight excluding hydrogens is 379 g/mol. The Bertz CT molecular complexity index is 1000. The summed E-state index contributed by atoms with van der Waals surface area (Å²) < 4.78 is 14.2. The van der Waals surface area contributed by atoms with Gasteiger partial charge in [-0.3, -0.25) is 14.9 Å². The zero-order valence-electron chi connectivity index (χ0n) is 13.7. The highest BCUT2D eigenvalue weighted by Crippen LogP contribution is 2.24. The molecule has 0 unspecified atom stereocenters. The van der Waals surface area contributed by atoms with Gasteiger partial charge >= 0.3 is 0 Å². The smallest absolute Gasteiger partial charge is 0.267 e. The van der Waals surface area contributed by atoms with Gasteiger partial charge in [-0.05, 0) is 31.5 Å². The number of thiazole rings is 1. The molecule has 0 atom stereocenters. The summed E-state index contributed by atoms with van der Waals surface area (Å²) in [4.78, 5) is 28.7. The van der Waals surface area contributed by atoms with Gasteiger partial charge in [0.05, 0.1) is 11.8 Å². The highest BCUT2D eigenvalue weighted by Gasteiger charge is 2.18. The fraction of sp³-hybridized carbons (Fsp3) is 0.133. The van der Waals surface area contributed by atoms with Crippen molar-refractivity contribution in [1.29, 1.82) is 0 Å². The Labute approximate surface area is 155 Å². The molecule has 0 aliphatic rings. The maximum atomic E-state index is 14.2. The quantitative estimate of drug-likeness (QED) is 0.627. The molecule has 3 rings (SSSR count). The molecule has 3 aromatic rings. The molecule has 0 saturated carbocycles. The SMILES string of the molecule is Cc1nnc(NC(=O)c2cc(NC(=O)c3cnc(N)s3)c(C)cc2F)s1. The lowest BCUT2D eigenvalue weighted by Gasteiger charge is -2.11. The summed E-state index contributed by atoms with van der Waals surface area (Å²) in [6, 6.07) is 2.45. The number of aryl methyl sites for hydroxylation is 2. The monoisotopic (exact) mass is 392 g/mol. The second kappa shape index (κ2) is 7.14. The van der Waals surface area contributed by atoms with E-state index in [1.807, 2.05) is 0 Å². The number of carbonyl (C=O) groups is 2. The van der Waals surface area contributed by atoms with Crippen LogP contribution in [-0.2, 0) is 0 Å². The Balaban J connectivity index is 1.84. The largest absolute Gasteiger partial charge is 0.375 e. The second-order valence-corrected chi connectivity index (χ2v) is 7.49. The van der Waals surface area contributed by atoms with Gasteiger partial charge < -0.3 is 11.1 Å². The molecule has 0 radical (unpaired) electrons. The van der Waals surface area contributed by atoms with Crippen LogP contribution in [0.25, 0.3) is 0 Å². The summed E-state index contributed by atoms with van der Waals surface area (Å²) >= 11 is 2.20. The average molecular weight is 392 g/mol. The minimum atomic E-state index is -0.707. The Hall–Kier alpha value is -2.92. The number of benzene rings is 1. The molecule has 0 aliphatic carbocycles. The number of nitrogens with zero attached hydrogens (tertiary/aromatic N) is 3. The van der Waals surface area contributed by atoms with Crippen molar-refractivity contribution in [1.82, 2.24) is 15.2 Å². The highest BCUT2D eigenvalue weighted by atomic mass is 32.1. The molecule has 0 saturated heterocycles. The molecule has 4 N–H and O–H groups in total. The predicted molar refractivity (Wildman–Crippen MR) is 98.2 cm³/mol. The topological polar surface area (TPSA) is 123 Å². The van der Waals surface area contributed by atoms with Gasteiger partial charge in [-0.25, -0.2) is 9.37 Å². The van der Waals surface area contributed by atoms with Crippen molar-refractivity contribution in [2.45, 2.75) is 13.8 Å². The van der Waals surface area contributed by atoms with Crippen LogP contribution in [0.15, 0.2) is 18.3 Å². The van der Waals surface area contributed by atoms with Gasteiger partial charge in [0.25, 0.3) is 11.8 Å². The van der Waals surface area contributed by atoms with E-state index in [0.717, 1.165) is 11.3 Å². The number of halogens is 1. The second-order valence-electron chi connectivity index (χ2n) is 5.24. The first kappa shape index (κ1) is 17.9. The van der Waals surface area contributed by atoms with E-state index in [1.54, 1.807) is 13.8 Å². The van der Waals surface area contributed by atoms with E-state index in [2.05, 4.69) is 25.8 Å². The van der Waals surface area contributed by atoms with E-state index in [9.17, 15) is 14.0 Å². The van der Waals surface area contributed by atoms with Crippen molar-refractivity contribution in [3.05, 3.63) is 45.2 Å². The molecule has 0 bridgehead atoms. The third kappa shape index (κ3) is 3.83. The fourth-order valence-electron chi connectivity index (χ4n) is 2.07. The summed E-state index contributed by atoms with van der Waals surface area (Å²) in [6.07, 6.45) is 1.35. The van der Waals surface area contributed by atoms with Gasteiger partial charge in [0.2, 0.25) is 5.13 Å². The molecule has 2 amide bonds. The number of hydrogen-bond acceptors (Lipinski definition) is 8. The van der Waals surface area contributed by atoms with Gasteiger partial charge in [0.1, 0.15) is 15.7 Å². The zero-order valence-corrected chi connectivity index (χ0v) is 15.3. The zero-order chi connectivity index (χ0) is 18.8. The van der Waals surface area contributed by atoms with Crippen LogP contribution < -0.4 is 16.4 Å². The van der Waals surface area contributed by atoms with Crippen molar-refractivity contribution < 1.29 is 14.0 Å². The number of carbonyl (C=O) groups excluding carboxylic acids is 2. The number of hydrogen-bond donors (Lipinski definition) is 3. The van der Waals surface area contributed by atoms with E-state index in [0.29, 0.717) is 21.1 Å². The van der Waals surface area contributed by atoms with Crippen LogP contribution in [0.2, 0.25) is 0 Å². The number of aromatic nitrogens is 3. The van der Waals surface area contributed by atoms with Crippen molar-refractivity contribution in [2.75, 3.05) is 16.4 Å².